The Kier molecular flexibility index (Phi) is 5.11. The first-order chi connectivity index (χ1) is 9.47. The van der Waals surface area contributed by atoms with Crippen molar-refractivity contribution in [3.63, 3.8) is 0 Å². The monoisotopic (exact) mass is 283 g/mol. The van der Waals surface area contributed by atoms with E-state index in [-0.39, 0.29) is 0 Å². The summed E-state index contributed by atoms with van der Waals surface area (Å²) in [6.07, 6.45) is 2.60. The molecule has 1 aromatic rings. The molecule has 0 amide bonds. The highest BCUT2D eigenvalue weighted by Gasteiger charge is 2.24. The third-order valence-corrected chi connectivity index (χ3v) is 4.53. The van der Waals surface area contributed by atoms with Crippen molar-refractivity contribution in [2.75, 3.05) is 6.54 Å². The minimum absolute atomic E-state index is 0.372. The maximum absolute atomic E-state index is 13.1. The molecule has 0 aliphatic heterocycles. The fourth-order valence-corrected chi connectivity index (χ4v) is 2.85. The van der Waals surface area contributed by atoms with Crippen LogP contribution in [-0.4, -0.2) is 17.7 Å². The second kappa shape index (κ2) is 6.64. The fourth-order valence-electron chi connectivity index (χ4n) is 2.85. The van der Waals surface area contributed by atoms with Crippen LogP contribution in [0.3, 0.4) is 0 Å². The predicted octanol–water partition coefficient (Wildman–Crippen LogP) is 3.41. The molecule has 20 heavy (non-hydrogen) atoms. The van der Waals surface area contributed by atoms with Crippen molar-refractivity contribution < 1.29 is 13.9 Å². The molecule has 2 N–H and O–H groups in total. The Morgan fingerprint density at radius 3 is 2.60 bits per heavy atom. The second-order valence-electron chi connectivity index (χ2n) is 6.06. The molecular formula is C16H23F2NO. The van der Waals surface area contributed by atoms with Gasteiger partial charge in [-0.1, -0.05) is 19.9 Å². The van der Waals surface area contributed by atoms with Crippen molar-refractivity contribution >= 4 is 0 Å². The molecule has 4 unspecified atom stereocenters. The zero-order valence-corrected chi connectivity index (χ0v) is 12.1. The van der Waals surface area contributed by atoms with Crippen LogP contribution in [0.25, 0.3) is 0 Å². The lowest BCUT2D eigenvalue weighted by molar-refractivity contribution is 0.154. The van der Waals surface area contributed by atoms with Crippen LogP contribution in [0.2, 0.25) is 0 Å². The minimum atomic E-state index is -0.915. The number of rotatable bonds is 4. The van der Waals surface area contributed by atoms with E-state index in [1.54, 1.807) is 0 Å². The van der Waals surface area contributed by atoms with Crippen LogP contribution in [0, 0.1) is 23.5 Å². The fraction of sp³-hybridized carbons (Fsp3) is 0.625. The van der Waals surface area contributed by atoms with Crippen molar-refractivity contribution in [1.82, 2.24) is 5.32 Å². The Morgan fingerprint density at radius 1 is 1.20 bits per heavy atom. The number of aliphatic hydroxyl groups is 1. The molecule has 0 radical (unpaired) electrons. The van der Waals surface area contributed by atoms with Gasteiger partial charge in [0.05, 0.1) is 6.10 Å². The first-order valence-corrected chi connectivity index (χ1v) is 7.33. The summed E-state index contributed by atoms with van der Waals surface area (Å²) < 4.78 is 26.0. The maximum Gasteiger partial charge on any atom is 0.159 e. The molecule has 1 aliphatic carbocycles. The topological polar surface area (TPSA) is 32.3 Å². The van der Waals surface area contributed by atoms with Gasteiger partial charge in [-0.3, -0.25) is 0 Å². The lowest BCUT2D eigenvalue weighted by Gasteiger charge is -2.33. The summed E-state index contributed by atoms with van der Waals surface area (Å²) in [6.45, 7) is 4.90. The third-order valence-electron chi connectivity index (χ3n) is 4.53. The third kappa shape index (κ3) is 3.76. The van der Waals surface area contributed by atoms with Gasteiger partial charge in [0.2, 0.25) is 0 Å². The van der Waals surface area contributed by atoms with Gasteiger partial charge in [-0.15, -0.1) is 0 Å². The molecule has 0 aromatic heterocycles. The van der Waals surface area contributed by atoms with Crippen LogP contribution in [0.15, 0.2) is 18.2 Å². The van der Waals surface area contributed by atoms with Gasteiger partial charge in [-0.2, -0.15) is 0 Å². The van der Waals surface area contributed by atoms with Gasteiger partial charge in [0.1, 0.15) is 0 Å². The number of aliphatic hydroxyl groups excluding tert-OH is 1. The van der Waals surface area contributed by atoms with E-state index < -0.39 is 17.7 Å². The first kappa shape index (κ1) is 15.4. The van der Waals surface area contributed by atoms with Gasteiger partial charge >= 0.3 is 0 Å². The smallest absolute Gasteiger partial charge is 0.159 e. The summed E-state index contributed by atoms with van der Waals surface area (Å²) in [4.78, 5) is 0. The average molecular weight is 283 g/mol. The Hall–Kier alpha value is -1.00. The Labute approximate surface area is 119 Å². The van der Waals surface area contributed by atoms with Crippen LogP contribution in [0.5, 0.6) is 0 Å². The normalized spacial score (nSPS) is 28.4. The summed E-state index contributed by atoms with van der Waals surface area (Å²) in [5.74, 6) is -0.364. The number of halogens is 2. The average Bonchev–Trinajstić information content (AvgIpc) is 2.43. The highest BCUT2D eigenvalue weighted by molar-refractivity contribution is 5.20. The van der Waals surface area contributed by atoms with E-state index in [1.807, 2.05) is 0 Å². The molecule has 112 valence electrons. The molecule has 1 saturated carbocycles. The van der Waals surface area contributed by atoms with E-state index >= 15 is 0 Å². The van der Waals surface area contributed by atoms with E-state index in [1.165, 1.54) is 12.5 Å². The van der Waals surface area contributed by atoms with Gasteiger partial charge in [0, 0.05) is 12.6 Å². The summed E-state index contributed by atoms with van der Waals surface area (Å²) in [5.41, 5.74) is 0.411. The van der Waals surface area contributed by atoms with Crippen LogP contribution < -0.4 is 5.32 Å². The molecule has 2 rings (SSSR count). The van der Waals surface area contributed by atoms with E-state index in [0.29, 0.717) is 24.1 Å². The van der Waals surface area contributed by atoms with Crippen molar-refractivity contribution in [2.24, 2.45) is 11.8 Å². The van der Waals surface area contributed by atoms with Gasteiger partial charge in [-0.25, -0.2) is 8.78 Å². The lowest BCUT2D eigenvalue weighted by atomic mass is 9.79. The number of nitrogens with one attached hydrogen (secondary N) is 1. The molecule has 1 aromatic carbocycles. The predicted molar refractivity (Wildman–Crippen MR) is 75.3 cm³/mol. The summed E-state index contributed by atoms with van der Waals surface area (Å²) in [5, 5.41) is 13.4. The molecule has 2 nitrogen and oxygen atoms in total. The second-order valence-corrected chi connectivity index (χ2v) is 6.06. The molecule has 4 heteroatoms. The standard InChI is InChI=1S/C16H23F2NO/c1-10-3-5-13(7-11(10)2)19-9-16(20)12-4-6-14(17)15(18)8-12/h4,6,8,10-11,13,16,19-20H,3,5,7,9H2,1-2H3. The SMILES string of the molecule is CC1CCC(NCC(O)c2ccc(F)c(F)c2)CC1C. The van der Waals surface area contributed by atoms with Crippen LogP contribution in [-0.2, 0) is 0 Å². The van der Waals surface area contributed by atoms with E-state index in [2.05, 4.69) is 19.2 Å². The van der Waals surface area contributed by atoms with Crippen LogP contribution in [0.1, 0.15) is 44.8 Å². The van der Waals surface area contributed by atoms with Crippen LogP contribution in [0.4, 0.5) is 8.78 Å². The van der Waals surface area contributed by atoms with Gasteiger partial charge in [0.25, 0.3) is 0 Å². The van der Waals surface area contributed by atoms with Gasteiger partial charge < -0.3 is 10.4 Å². The van der Waals surface area contributed by atoms with Gasteiger partial charge in [0.15, 0.2) is 11.6 Å². The van der Waals surface area contributed by atoms with Crippen LogP contribution >= 0.6 is 0 Å². The molecule has 0 heterocycles. The zero-order valence-electron chi connectivity index (χ0n) is 12.1. The van der Waals surface area contributed by atoms with Gasteiger partial charge in [-0.05, 0) is 48.8 Å². The van der Waals surface area contributed by atoms with Crippen molar-refractivity contribution in [1.29, 1.82) is 0 Å². The van der Waals surface area contributed by atoms with Crippen molar-refractivity contribution in [3.05, 3.63) is 35.4 Å². The molecular weight excluding hydrogens is 260 g/mol. The number of hydrogen-bond donors (Lipinski definition) is 2. The molecule has 4 atom stereocenters. The van der Waals surface area contributed by atoms with Crippen molar-refractivity contribution in [3.8, 4) is 0 Å². The molecule has 1 aliphatic rings. The largest absolute Gasteiger partial charge is 0.387 e. The lowest BCUT2D eigenvalue weighted by Crippen LogP contribution is -2.38. The molecule has 0 spiro atoms. The number of benzene rings is 1. The first-order valence-electron chi connectivity index (χ1n) is 7.33. The zero-order chi connectivity index (χ0) is 14.7. The van der Waals surface area contributed by atoms with E-state index in [9.17, 15) is 13.9 Å². The summed E-state index contributed by atoms with van der Waals surface area (Å²) in [6, 6.07) is 3.95. The minimum Gasteiger partial charge on any atom is -0.387 e. The molecule has 1 fully saturated rings. The Bertz CT molecular complexity index is 452. The van der Waals surface area contributed by atoms with Crippen molar-refractivity contribution in [2.45, 2.75) is 45.3 Å². The summed E-state index contributed by atoms with van der Waals surface area (Å²) >= 11 is 0. The maximum atomic E-state index is 13.1. The van der Waals surface area contributed by atoms with E-state index in [0.717, 1.165) is 30.9 Å². The highest BCUT2D eigenvalue weighted by atomic mass is 19.2. The highest BCUT2D eigenvalue weighted by Crippen LogP contribution is 2.29. The Morgan fingerprint density at radius 2 is 1.95 bits per heavy atom. The summed E-state index contributed by atoms with van der Waals surface area (Å²) in [7, 11) is 0. The van der Waals surface area contributed by atoms with E-state index in [4.69, 9.17) is 0 Å². The molecule has 0 saturated heterocycles. The molecule has 0 bridgehead atoms. The quantitative estimate of drug-likeness (QED) is 0.887. The Balaban J connectivity index is 1.85. The number of hydrogen-bond acceptors (Lipinski definition) is 2.